The number of ketones is 2. The molecule has 1 saturated carbocycles. The lowest BCUT2D eigenvalue weighted by Crippen LogP contribution is -2.60. The standard InChI is InChI=1S/C36H58O6/c1-7-8-9-10-11-12-13-14-15-16-17-18-19-21-25(37)42-33-27-28(31(40)30(39)26(24(2)3)29(27)38)36(6)23-20-22-35(4,5)34(36)32(33)41/h24,32-34,38,41H,7-23H2,1-6H3. The van der Waals surface area contributed by atoms with Crippen molar-refractivity contribution in [1.29, 1.82) is 0 Å². The van der Waals surface area contributed by atoms with Gasteiger partial charge in [0.05, 0.1) is 6.10 Å². The van der Waals surface area contributed by atoms with Crippen molar-refractivity contribution in [2.45, 2.75) is 163 Å². The van der Waals surface area contributed by atoms with Crippen LogP contribution in [0.2, 0.25) is 0 Å². The summed E-state index contributed by atoms with van der Waals surface area (Å²) in [6, 6.07) is 0. The largest absolute Gasteiger partial charge is 0.507 e. The molecule has 1 fully saturated rings. The minimum Gasteiger partial charge on any atom is -0.507 e. The number of carbonyl (C=O) groups excluding carboxylic acids is 3. The molecule has 0 aromatic heterocycles. The SMILES string of the molecule is CCCCCCCCCCCCCCCC(=O)OC1C2=C(C(=O)C(=O)C(C(C)C)=C2O)C2(C)CCCC(C)(C)C2C1O. The Balaban J connectivity index is 1.62. The molecule has 0 saturated heterocycles. The van der Waals surface area contributed by atoms with Crippen LogP contribution in [0.15, 0.2) is 22.5 Å². The second-order valence-electron chi connectivity index (χ2n) is 14.5. The average Bonchev–Trinajstić information content (AvgIpc) is 2.90. The summed E-state index contributed by atoms with van der Waals surface area (Å²) >= 11 is 0. The topological polar surface area (TPSA) is 101 Å². The van der Waals surface area contributed by atoms with Crippen LogP contribution in [0.1, 0.15) is 151 Å². The number of aliphatic hydroxyl groups is 2. The van der Waals surface area contributed by atoms with Gasteiger partial charge in [0, 0.05) is 34.5 Å². The molecular formula is C36H58O6. The predicted octanol–water partition coefficient (Wildman–Crippen LogP) is 8.50. The Hall–Kier alpha value is -1.95. The van der Waals surface area contributed by atoms with E-state index in [0.29, 0.717) is 12.8 Å². The molecule has 238 valence electrons. The van der Waals surface area contributed by atoms with Crippen LogP contribution < -0.4 is 0 Å². The third-order valence-corrected chi connectivity index (χ3v) is 10.3. The molecule has 0 spiro atoms. The number of carbonyl (C=O) groups is 3. The zero-order valence-corrected chi connectivity index (χ0v) is 27.4. The van der Waals surface area contributed by atoms with Gasteiger partial charge in [0.1, 0.15) is 5.76 Å². The Morgan fingerprint density at radius 2 is 1.38 bits per heavy atom. The van der Waals surface area contributed by atoms with E-state index in [4.69, 9.17) is 4.74 Å². The fourth-order valence-electron chi connectivity index (χ4n) is 8.27. The van der Waals surface area contributed by atoms with Crippen LogP contribution in [0.25, 0.3) is 0 Å². The first-order chi connectivity index (χ1) is 19.9. The Kier molecular flexibility index (Phi) is 12.5. The highest BCUT2D eigenvalue weighted by Crippen LogP contribution is 2.61. The van der Waals surface area contributed by atoms with Crippen molar-refractivity contribution >= 4 is 17.5 Å². The summed E-state index contributed by atoms with van der Waals surface area (Å²) in [6.07, 6.45) is 16.1. The van der Waals surface area contributed by atoms with Crippen LogP contribution in [-0.4, -0.2) is 40.0 Å². The summed E-state index contributed by atoms with van der Waals surface area (Å²) < 4.78 is 5.95. The summed E-state index contributed by atoms with van der Waals surface area (Å²) in [6.45, 7) is 11.8. The number of aliphatic hydroxyl groups excluding tert-OH is 2. The molecule has 0 bridgehead atoms. The van der Waals surface area contributed by atoms with Crippen LogP contribution in [0.4, 0.5) is 0 Å². The predicted molar refractivity (Wildman–Crippen MR) is 167 cm³/mol. The molecule has 42 heavy (non-hydrogen) atoms. The lowest BCUT2D eigenvalue weighted by molar-refractivity contribution is -0.168. The molecule has 0 aromatic carbocycles. The van der Waals surface area contributed by atoms with Crippen molar-refractivity contribution in [3.05, 3.63) is 22.5 Å². The third-order valence-electron chi connectivity index (χ3n) is 10.3. The van der Waals surface area contributed by atoms with Gasteiger partial charge in [-0.3, -0.25) is 14.4 Å². The van der Waals surface area contributed by atoms with E-state index >= 15 is 0 Å². The lowest BCUT2D eigenvalue weighted by atomic mass is 9.47. The van der Waals surface area contributed by atoms with Gasteiger partial charge in [-0.15, -0.1) is 0 Å². The maximum Gasteiger partial charge on any atom is 0.306 e. The molecule has 0 heterocycles. The summed E-state index contributed by atoms with van der Waals surface area (Å²) in [7, 11) is 0. The first-order valence-electron chi connectivity index (χ1n) is 17.0. The van der Waals surface area contributed by atoms with E-state index in [0.717, 1.165) is 25.7 Å². The van der Waals surface area contributed by atoms with Gasteiger partial charge >= 0.3 is 5.97 Å². The summed E-state index contributed by atoms with van der Waals surface area (Å²) in [5.74, 6) is -2.81. The van der Waals surface area contributed by atoms with Crippen molar-refractivity contribution in [1.82, 2.24) is 0 Å². The van der Waals surface area contributed by atoms with Crippen molar-refractivity contribution in [2.75, 3.05) is 0 Å². The van der Waals surface area contributed by atoms with Crippen LogP contribution in [0, 0.1) is 22.7 Å². The van der Waals surface area contributed by atoms with Crippen molar-refractivity contribution in [2.24, 2.45) is 22.7 Å². The highest BCUT2D eigenvalue weighted by Gasteiger charge is 2.62. The number of esters is 1. The van der Waals surface area contributed by atoms with Crippen LogP contribution in [-0.2, 0) is 19.1 Å². The number of fused-ring (bicyclic) bond motifs is 2. The summed E-state index contributed by atoms with van der Waals surface area (Å²) in [5, 5.41) is 23.2. The molecule has 4 atom stereocenters. The quantitative estimate of drug-likeness (QED) is 0.0814. The van der Waals surface area contributed by atoms with E-state index in [-0.39, 0.29) is 40.2 Å². The van der Waals surface area contributed by atoms with Gasteiger partial charge in [0.25, 0.3) is 0 Å². The minimum absolute atomic E-state index is 0.0422. The number of Topliss-reactive ketones (excluding diaryl/α,β-unsaturated/α-hetero) is 2. The van der Waals surface area contributed by atoms with Crippen molar-refractivity contribution in [3.63, 3.8) is 0 Å². The second-order valence-corrected chi connectivity index (χ2v) is 14.5. The van der Waals surface area contributed by atoms with Gasteiger partial charge in [-0.2, -0.15) is 0 Å². The number of rotatable bonds is 16. The molecule has 3 rings (SSSR count). The van der Waals surface area contributed by atoms with Crippen molar-refractivity contribution < 1.29 is 29.3 Å². The van der Waals surface area contributed by atoms with Gasteiger partial charge in [-0.1, -0.05) is 125 Å². The zero-order valence-electron chi connectivity index (χ0n) is 27.4. The van der Waals surface area contributed by atoms with E-state index in [9.17, 15) is 24.6 Å². The van der Waals surface area contributed by atoms with E-state index in [1.807, 2.05) is 6.92 Å². The maximum absolute atomic E-state index is 13.7. The monoisotopic (exact) mass is 586 g/mol. The smallest absolute Gasteiger partial charge is 0.306 e. The normalized spacial score (nSPS) is 27.4. The van der Waals surface area contributed by atoms with Gasteiger partial charge < -0.3 is 14.9 Å². The Morgan fingerprint density at radius 1 is 0.857 bits per heavy atom. The number of ether oxygens (including phenoxy) is 1. The Labute approximate surface area is 254 Å². The Morgan fingerprint density at radius 3 is 1.90 bits per heavy atom. The van der Waals surface area contributed by atoms with Crippen LogP contribution in [0.5, 0.6) is 0 Å². The number of unbranched alkanes of at least 4 members (excludes halogenated alkanes) is 12. The highest BCUT2D eigenvalue weighted by molar-refractivity contribution is 6.50. The first kappa shape index (κ1) is 34.5. The van der Waals surface area contributed by atoms with Gasteiger partial charge in [0.15, 0.2) is 6.10 Å². The molecule has 6 nitrogen and oxygen atoms in total. The number of allylic oxidation sites excluding steroid dienone is 2. The molecule has 0 aromatic rings. The molecule has 0 amide bonds. The van der Waals surface area contributed by atoms with Gasteiger partial charge in [0.2, 0.25) is 11.6 Å². The van der Waals surface area contributed by atoms with E-state index in [2.05, 4.69) is 20.8 Å². The van der Waals surface area contributed by atoms with Crippen molar-refractivity contribution in [3.8, 4) is 0 Å². The summed E-state index contributed by atoms with van der Waals surface area (Å²) in [4.78, 5) is 40.0. The molecule has 3 aliphatic rings. The molecule has 6 heteroatoms. The van der Waals surface area contributed by atoms with E-state index < -0.39 is 41.1 Å². The van der Waals surface area contributed by atoms with E-state index in [1.165, 1.54) is 64.2 Å². The number of hydrogen-bond acceptors (Lipinski definition) is 6. The average molecular weight is 587 g/mol. The molecule has 0 radical (unpaired) electrons. The maximum atomic E-state index is 13.7. The fourth-order valence-corrected chi connectivity index (χ4v) is 8.27. The van der Waals surface area contributed by atoms with Gasteiger partial charge in [-0.05, 0) is 30.6 Å². The highest BCUT2D eigenvalue weighted by atomic mass is 16.6. The number of hydrogen-bond donors (Lipinski definition) is 2. The second kappa shape index (κ2) is 15.2. The Bertz CT molecular complexity index is 1030. The molecular weight excluding hydrogens is 528 g/mol. The summed E-state index contributed by atoms with van der Waals surface area (Å²) in [5.41, 5.74) is -0.689. The lowest BCUT2D eigenvalue weighted by Gasteiger charge is -2.58. The molecule has 3 aliphatic carbocycles. The third kappa shape index (κ3) is 7.57. The molecule has 2 N–H and O–H groups in total. The minimum atomic E-state index is -1.17. The van der Waals surface area contributed by atoms with E-state index in [1.54, 1.807) is 13.8 Å². The van der Waals surface area contributed by atoms with Gasteiger partial charge in [-0.25, -0.2) is 0 Å². The molecule has 4 unspecified atom stereocenters. The molecule has 0 aliphatic heterocycles. The van der Waals surface area contributed by atoms with Crippen LogP contribution in [0.3, 0.4) is 0 Å². The fraction of sp³-hybridized carbons (Fsp3) is 0.806. The zero-order chi connectivity index (χ0) is 31.1. The first-order valence-corrected chi connectivity index (χ1v) is 17.0. The van der Waals surface area contributed by atoms with Crippen LogP contribution >= 0.6 is 0 Å².